The summed E-state index contributed by atoms with van der Waals surface area (Å²) in [7, 11) is 1.54. The highest BCUT2D eigenvalue weighted by atomic mass is 79.9. The van der Waals surface area contributed by atoms with Gasteiger partial charge in [-0.3, -0.25) is 14.6 Å². The zero-order valence-electron chi connectivity index (χ0n) is 18.5. The van der Waals surface area contributed by atoms with Gasteiger partial charge in [-0.1, -0.05) is 29.8 Å². The van der Waals surface area contributed by atoms with Crippen LogP contribution in [-0.4, -0.2) is 33.8 Å². The molecule has 3 aromatic rings. The summed E-state index contributed by atoms with van der Waals surface area (Å²) in [5, 5.41) is 11.2. The lowest BCUT2D eigenvalue weighted by Crippen LogP contribution is -2.29. The third-order valence-electron chi connectivity index (χ3n) is 5.81. The van der Waals surface area contributed by atoms with Crippen LogP contribution in [-0.2, 0) is 16.1 Å². The second kappa shape index (κ2) is 9.19. The van der Waals surface area contributed by atoms with Crippen LogP contribution in [0.5, 0.6) is 5.75 Å². The number of hydrogen-bond acceptors (Lipinski definition) is 5. The van der Waals surface area contributed by atoms with E-state index in [1.165, 1.54) is 4.90 Å². The van der Waals surface area contributed by atoms with Gasteiger partial charge in [0, 0.05) is 24.5 Å². The third-order valence-corrected chi connectivity index (χ3v) is 6.43. The summed E-state index contributed by atoms with van der Waals surface area (Å²) in [6, 6.07) is 13.8. The van der Waals surface area contributed by atoms with Crippen molar-refractivity contribution < 1.29 is 19.4 Å². The van der Waals surface area contributed by atoms with Crippen molar-refractivity contribution in [3.05, 3.63) is 98.8 Å². The number of nitrogens with zero attached hydrogens (tertiary/aromatic N) is 2. The first-order chi connectivity index (χ1) is 15.8. The molecule has 0 aliphatic carbocycles. The van der Waals surface area contributed by atoms with E-state index >= 15 is 0 Å². The van der Waals surface area contributed by atoms with Crippen LogP contribution >= 0.6 is 15.9 Å². The van der Waals surface area contributed by atoms with Gasteiger partial charge in [0.2, 0.25) is 0 Å². The number of methoxy groups -OCH3 is 1. The Hall–Kier alpha value is -3.45. The van der Waals surface area contributed by atoms with E-state index in [2.05, 4.69) is 20.9 Å². The summed E-state index contributed by atoms with van der Waals surface area (Å²) in [6.45, 7) is 4.19. The molecule has 2 aromatic carbocycles. The van der Waals surface area contributed by atoms with Crippen LogP contribution in [0.3, 0.4) is 0 Å². The van der Waals surface area contributed by atoms with E-state index in [9.17, 15) is 14.7 Å². The number of aliphatic hydroxyl groups is 1. The van der Waals surface area contributed by atoms with E-state index in [0.717, 1.165) is 16.7 Å². The highest BCUT2D eigenvalue weighted by Crippen LogP contribution is 2.41. The first-order valence-electron chi connectivity index (χ1n) is 10.4. The lowest BCUT2D eigenvalue weighted by atomic mass is 9.96. The molecular formula is C26H23BrN2O4. The SMILES string of the molecule is COc1ccc(/C(O)=C2/C(=O)C(=O)N(Cc3cc(C)ccc3C)C2c2cccnc2)cc1Br. The molecule has 2 heterocycles. The highest BCUT2D eigenvalue weighted by molar-refractivity contribution is 9.10. The van der Waals surface area contributed by atoms with Crippen molar-refractivity contribution in [1.29, 1.82) is 0 Å². The fourth-order valence-corrected chi connectivity index (χ4v) is 4.59. The average Bonchev–Trinajstić information content (AvgIpc) is 3.06. The summed E-state index contributed by atoms with van der Waals surface area (Å²) in [5.41, 5.74) is 4.12. The first-order valence-corrected chi connectivity index (χ1v) is 11.2. The van der Waals surface area contributed by atoms with Gasteiger partial charge >= 0.3 is 0 Å². The third kappa shape index (κ3) is 4.28. The number of carbonyl (C=O) groups excluding carboxylic acids is 2. The molecule has 4 rings (SSSR count). The van der Waals surface area contributed by atoms with Crippen LogP contribution in [0, 0.1) is 13.8 Å². The number of rotatable bonds is 5. The Kier molecular flexibility index (Phi) is 6.33. The molecule has 1 unspecified atom stereocenters. The van der Waals surface area contributed by atoms with Gasteiger partial charge in [0.15, 0.2) is 0 Å². The fourth-order valence-electron chi connectivity index (χ4n) is 4.05. The summed E-state index contributed by atoms with van der Waals surface area (Å²) in [4.78, 5) is 32.1. The van der Waals surface area contributed by atoms with Crippen molar-refractivity contribution in [2.24, 2.45) is 0 Å². The molecule has 1 amide bonds. The van der Waals surface area contributed by atoms with Crippen molar-refractivity contribution in [3.63, 3.8) is 0 Å². The number of aromatic nitrogens is 1. The van der Waals surface area contributed by atoms with E-state index < -0.39 is 17.7 Å². The Morgan fingerprint density at radius 1 is 1.15 bits per heavy atom. The summed E-state index contributed by atoms with van der Waals surface area (Å²) in [6.07, 6.45) is 3.24. The number of aryl methyl sites for hydroxylation is 2. The number of Topliss-reactive ketones (excluding diaryl/α,β-unsaturated/α-hetero) is 1. The Morgan fingerprint density at radius 3 is 2.61 bits per heavy atom. The van der Waals surface area contributed by atoms with E-state index in [4.69, 9.17) is 4.74 Å². The van der Waals surface area contributed by atoms with Gasteiger partial charge in [0.05, 0.1) is 23.2 Å². The average molecular weight is 507 g/mol. The topological polar surface area (TPSA) is 79.7 Å². The minimum absolute atomic E-state index is 0.0374. The molecule has 1 N–H and O–H groups in total. The van der Waals surface area contributed by atoms with Crippen LogP contribution < -0.4 is 4.74 Å². The van der Waals surface area contributed by atoms with Crippen molar-refractivity contribution in [3.8, 4) is 5.75 Å². The second-order valence-electron chi connectivity index (χ2n) is 7.99. The molecule has 0 spiro atoms. The van der Waals surface area contributed by atoms with Gasteiger partial charge < -0.3 is 14.7 Å². The van der Waals surface area contributed by atoms with Gasteiger partial charge in [0.25, 0.3) is 11.7 Å². The van der Waals surface area contributed by atoms with Gasteiger partial charge in [-0.25, -0.2) is 0 Å². The molecule has 33 heavy (non-hydrogen) atoms. The number of amides is 1. The number of likely N-dealkylation sites (tertiary alicyclic amines) is 1. The molecule has 1 atom stereocenters. The Morgan fingerprint density at radius 2 is 1.94 bits per heavy atom. The number of ketones is 1. The van der Waals surface area contributed by atoms with Gasteiger partial charge in [-0.15, -0.1) is 0 Å². The normalized spacial score (nSPS) is 17.5. The molecule has 1 aromatic heterocycles. The van der Waals surface area contributed by atoms with Crippen LogP contribution in [0.4, 0.5) is 0 Å². The molecular weight excluding hydrogens is 484 g/mol. The standard InChI is InChI=1S/C26H23BrN2O4/c1-15-6-7-16(2)19(11-15)14-29-23(18-5-4-10-28-13-18)22(25(31)26(29)32)24(30)17-8-9-21(33-3)20(27)12-17/h4-13,23,30H,14H2,1-3H3/b24-22-. The maximum absolute atomic E-state index is 13.2. The van der Waals surface area contributed by atoms with Crippen LogP contribution in [0.2, 0.25) is 0 Å². The van der Waals surface area contributed by atoms with E-state index in [1.54, 1.807) is 49.8 Å². The Labute approximate surface area is 200 Å². The number of carbonyl (C=O) groups is 2. The molecule has 1 aliphatic heterocycles. The lowest BCUT2D eigenvalue weighted by Gasteiger charge is -2.26. The maximum atomic E-state index is 13.2. The Balaban J connectivity index is 1.86. The molecule has 1 aliphatic rings. The van der Waals surface area contributed by atoms with Crippen molar-refractivity contribution in [2.45, 2.75) is 26.4 Å². The number of pyridine rings is 1. The zero-order chi connectivity index (χ0) is 23.7. The number of benzene rings is 2. The molecule has 6 nitrogen and oxygen atoms in total. The number of aliphatic hydroxyl groups excluding tert-OH is 1. The van der Waals surface area contributed by atoms with Crippen molar-refractivity contribution in [1.82, 2.24) is 9.88 Å². The zero-order valence-corrected chi connectivity index (χ0v) is 20.1. The highest BCUT2D eigenvalue weighted by Gasteiger charge is 2.46. The molecule has 1 fully saturated rings. The van der Waals surface area contributed by atoms with Crippen molar-refractivity contribution >= 4 is 33.4 Å². The monoisotopic (exact) mass is 506 g/mol. The maximum Gasteiger partial charge on any atom is 0.295 e. The van der Waals surface area contributed by atoms with E-state index in [-0.39, 0.29) is 17.9 Å². The molecule has 1 saturated heterocycles. The minimum Gasteiger partial charge on any atom is -0.507 e. The first kappa shape index (κ1) is 22.7. The van der Waals surface area contributed by atoms with E-state index in [1.807, 2.05) is 32.0 Å². The largest absolute Gasteiger partial charge is 0.507 e. The summed E-state index contributed by atoms with van der Waals surface area (Å²) >= 11 is 3.41. The number of ether oxygens (including phenoxy) is 1. The van der Waals surface area contributed by atoms with Gasteiger partial charge in [0.1, 0.15) is 11.5 Å². The molecule has 168 valence electrons. The molecule has 0 radical (unpaired) electrons. The number of hydrogen-bond donors (Lipinski definition) is 1. The van der Waals surface area contributed by atoms with Crippen LogP contribution in [0.15, 0.2) is 71.0 Å². The second-order valence-corrected chi connectivity index (χ2v) is 8.85. The predicted octanol–water partition coefficient (Wildman–Crippen LogP) is 5.09. The van der Waals surface area contributed by atoms with E-state index in [0.29, 0.717) is 21.3 Å². The minimum atomic E-state index is -0.764. The summed E-state index contributed by atoms with van der Waals surface area (Å²) in [5.74, 6) is -1.03. The van der Waals surface area contributed by atoms with Gasteiger partial charge in [-0.2, -0.15) is 0 Å². The Bertz CT molecular complexity index is 1270. The summed E-state index contributed by atoms with van der Waals surface area (Å²) < 4.78 is 5.88. The smallest absolute Gasteiger partial charge is 0.295 e. The van der Waals surface area contributed by atoms with Crippen molar-refractivity contribution in [2.75, 3.05) is 7.11 Å². The fraction of sp³-hybridized carbons (Fsp3) is 0.192. The lowest BCUT2D eigenvalue weighted by molar-refractivity contribution is -0.140. The predicted molar refractivity (Wildman–Crippen MR) is 129 cm³/mol. The van der Waals surface area contributed by atoms with Crippen LogP contribution in [0.1, 0.15) is 33.9 Å². The van der Waals surface area contributed by atoms with Gasteiger partial charge in [-0.05, 0) is 70.7 Å². The van der Waals surface area contributed by atoms with Crippen LogP contribution in [0.25, 0.3) is 5.76 Å². The molecule has 0 bridgehead atoms. The quantitative estimate of drug-likeness (QED) is 0.296. The molecule has 0 saturated carbocycles. The number of halogens is 1. The molecule has 7 heteroatoms.